The van der Waals surface area contributed by atoms with Gasteiger partial charge >= 0.3 is 0 Å². The fourth-order valence-electron chi connectivity index (χ4n) is 3.29. The summed E-state index contributed by atoms with van der Waals surface area (Å²) in [4.78, 5) is 17.6. The minimum atomic E-state index is -0.312. The minimum Gasteiger partial charge on any atom is -0.268 e. The Labute approximate surface area is 161 Å². The van der Waals surface area contributed by atoms with Gasteiger partial charge in [0, 0.05) is 0 Å². The van der Waals surface area contributed by atoms with Gasteiger partial charge in [-0.25, -0.2) is 4.98 Å². The topological polar surface area (TPSA) is 34.9 Å². The van der Waals surface area contributed by atoms with Gasteiger partial charge < -0.3 is 0 Å². The number of rotatable bonds is 0. The van der Waals surface area contributed by atoms with Crippen molar-refractivity contribution in [1.29, 1.82) is 0 Å². The van der Waals surface area contributed by atoms with Crippen molar-refractivity contribution in [3.63, 3.8) is 0 Å². The molecule has 0 amide bonds. The number of nitrogens with zero attached hydrogens (tertiary/aromatic N) is 2. The molecule has 122 valence electrons. The largest absolute Gasteiger partial charge is 0.268 e. The first-order valence-electron chi connectivity index (χ1n) is 7.31. The van der Waals surface area contributed by atoms with Crippen LogP contribution in [-0.2, 0) is 0 Å². The number of fused-ring (bicyclic) bond motifs is 6. The van der Waals surface area contributed by atoms with Crippen molar-refractivity contribution in [2.75, 3.05) is 0 Å². The highest BCUT2D eigenvalue weighted by Crippen LogP contribution is 2.49. The molecule has 1 aromatic heterocycles. The normalized spacial score (nSPS) is 12.9. The zero-order valence-corrected chi connectivity index (χ0v) is 15.3. The number of carbonyl (C=O) groups is 1. The smallest absolute Gasteiger partial charge is 0.266 e. The fraction of sp³-hybridized carbons (Fsp3) is 0. The molecule has 0 bridgehead atoms. The number of aromatic nitrogens is 2. The summed E-state index contributed by atoms with van der Waals surface area (Å²) in [6, 6.07) is 11.7. The quantitative estimate of drug-likeness (QED) is 0.217. The SMILES string of the molecule is O=C1c2c(Cl)c(Cl)c(Cl)c(Cl)c2-c2nc3cc4ccccc4cc3n21. The molecule has 0 spiro atoms. The van der Waals surface area contributed by atoms with Crippen molar-refractivity contribution < 1.29 is 4.79 Å². The zero-order valence-electron chi connectivity index (χ0n) is 12.3. The molecule has 25 heavy (non-hydrogen) atoms. The van der Waals surface area contributed by atoms with E-state index in [1.54, 1.807) is 0 Å². The van der Waals surface area contributed by atoms with Gasteiger partial charge in [-0.05, 0) is 22.9 Å². The maximum Gasteiger partial charge on any atom is 0.266 e. The number of carbonyl (C=O) groups excluding carboxylic acids is 1. The van der Waals surface area contributed by atoms with Crippen molar-refractivity contribution in [2.24, 2.45) is 0 Å². The van der Waals surface area contributed by atoms with Crippen LogP contribution in [0.15, 0.2) is 36.4 Å². The lowest BCUT2D eigenvalue weighted by Gasteiger charge is -2.08. The standard InChI is InChI=1S/C18H6Cl4N2O/c19-13-11-12(14(20)16(22)15(13)21)18(25)24-10-6-8-4-2-1-3-7(8)5-9(10)23-17(11)24/h1-6H. The van der Waals surface area contributed by atoms with Crippen molar-refractivity contribution in [3.8, 4) is 11.4 Å². The molecular weight excluding hydrogens is 402 g/mol. The van der Waals surface area contributed by atoms with Gasteiger partial charge in [-0.2, -0.15) is 0 Å². The van der Waals surface area contributed by atoms with Crippen LogP contribution in [0.3, 0.4) is 0 Å². The van der Waals surface area contributed by atoms with E-state index in [0.717, 1.165) is 10.8 Å². The number of halogens is 4. The van der Waals surface area contributed by atoms with Gasteiger partial charge in [0.25, 0.3) is 5.91 Å². The summed E-state index contributed by atoms with van der Waals surface area (Å²) in [5.41, 5.74) is 2.05. The Balaban J connectivity index is 1.95. The first-order chi connectivity index (χ1) is 12.0. The Bertz CT molecular complexity index is 1260. The second kappa shape index (κ2) is 5.12. The van der Waals surface area contributed by atoms with Gasteiger partial charge in [0.15, 0.2) is 5.82 Å². The first kappa shape index (κ1) is 15.5. The Kier molecular flexibility index (Phi) is 3.17. The van der Waals surface area contributed by atoms with E-state index in [9.17, 15) is 4.79 Å². The van der Waals surface area contributed by atoms with Crippen LogP contribution in [0.4, 0.5) is 0 Å². The molecule has 3 aromatic carbocycles. The number of hydrogen-bond donors (Lipinski definition) is 0. The maximum atomic E-state index is 13.0. The number of hydrogen-bond acceptors (Lipinski definition) is 2. The van der Waals surface area contributed by atoms with E-state index in [1.165, 1.54) is 4.57 Å². The van der Waals surface area contributed by atoms with Crippen LogP contribution in [0.2, 0.25) is 20.1 Å². The van der Waals surface area contributed by atoms with Gasteiger partial charge in [0.05, 0.1) is 42.3 Å². The molecule has 5 rings (SSSR count). The van der Waals surface area contributed by atoms with Gasteiger partial charge in [0.2, 0.25) is 0 Å². The molecule has 0 radical (unpaired) electrons. The molecule has 0 unspecified atom stereocenters. The zero-order chi connectivity index (χ0) is 17.5. The van der Waals surface area contributed by atoms with E-state index in [0.29, 0.717) is 22.4 Å². The van der Waals surface area contributed by atoms with Gasteiger partial charge in [-0.15, -0.1) is 0 Å². The van der Waals surface area contributed by atoms with E-state index >= 15 is 0 Å². The van der Waals surface area contributed by atoms with Gasteiger partial charge in [0.1, 0.15) is 0 Å². The van der Waals surface area contributed by atoms with Crippen LogP contribution < -0.4 is 0 Å². The Hall–Kier alpha value is -1.78. The summed E-state index contributed by atoms with van der Waals surface area (Å²) in [5, 5.41) is 2.51. The van der Waals surface area contributed by atoms with Crippen LogP contribution in [0.5, 0.6) is 0 Å². The average Bonchev–Trinajstić information content (AvgIpc) is 3.11. The van der Waals surface area contributed by atoms with Gasteiger partial charge in [-0.3, -0.25) is 9.36 Å². The molecule has 0 N–H and O–H groups in total. The van der Waals surface area contributed by atoms with E-state index in [2.05, 4.69) is 4.98 Å². The summed E-state index contributed by atoms with van der Waals surface area (Å²) in [6.45, 7) is 0. The lowest BCUT2D eigenvalue weighted by Crippen LogP contribution is -2.06. The van der Waals surface area contributed by atoms with Gasteiger partial charge in [-0.1, -0.05) is 70.7 Å². The molecule has 1 aliphatic rings. The van der Waals surface area contributed by atoms with Crippen LogP contribution in [0.25, 0.3) is 33.2 Å². The summed E-state index contributed by atoms with van der Waals surface area (Å²) in [7, 11) is 0. The van der Waals surface area contributed by atoms with Crippen molar-refractivity contribution in [2.45, 2.75) is 0 Å². The summed E-state index contributed by atoms with van der Waals surface area (Å²) >= 11 is 24.9. The Morgan fingerprint density at radius 2 is 1.40 bits per heavy atom. The summed E-state index contributed by atoms with van der Waals surface area (Å²) < 4.78 is 1.51. The first-order valence-corrected chi connectivity index (χ1v) is 8.82. The predicted molar refractivity (Wildman–Crippen MR) is 102 cm³/mol. The number of benzene rings is 3. The third kappa shape index (κ3) is 1.90. The molecule has 0 saturated heterocycles. The van der Waals surface area contributed by atoms with Crippen LogP contribution in [-0.4, -0.2) is 15.5 Å². The third-order valence-electron chi connectivity index (χ3n) is 4.43. The Morgan fingerprint density at radius 3 is 2.08 bits per heavy atom. The van der Waals surface area contributed by atoms with Crippen LogP contribution in [0.1, 0.15) is 10.4 Å². The third-order valence-corrected chi connectivity index (χ3v) is 6.23. The van der Waals surface area contributed by atoms with Crippen molar-refractivity contribution in [1.82, 2.24) is 9.55 Å². The van der Waals surface area contributed by atoms with Crippen molar-refractivity contribution in [3.05, 3.63) is 62.1 Å². The molecular formula is C18H6Cl4N2O. The monoisotopic (exact) mass is 406 g/mol. The number of imidazole rings is 1. The second-order valence-corrected chi connectivity index (χ2v) is 7.28. The van der Waals surface area contributed by atoms with E-state index < -0.39 is 0 Å². The molecule has 0 fully saturated rings. The average molecular weight is 408 g/mol. The molecule has 1 aliphatic heterocycles. The predicted octanol–water partition coefficient (Wildman–Crippen LogP) is 6.47. The van der Waals surface area contributed by atoms with E-state index in [4.69, 9.17) is 46.4 Å². The highest BCUT2D eigenvalue weighted by Gasteiger charge is 2.37. The molecule has 2 heterocycles. The summed E-state index contributed by atoms with van der Waals surface area (Å²) in [6.07, 6.45) is 0. The van der Waals surface area contributed by atoms with E-state index in [-0.39, 0.29) is 31.6 Å². The van der Waals surface area contributed by atoms with E-state index in [1.807, 2.05) is 36.4 Å². The highest BCUT2D eigenvalue weighted by molar-refractivity contribution is 6.54. The van der Waals surface area contributed by atoms with Crippen LogP contribution >= 0.6 is 46.4 Å². The lowest BCUT2D eigenvalue weighted by molar-refractivity contribution is 0.0973. The molecule has 0 atom stereocenters. The highest BCUT2D eigenvalue weighted by atomic mass is 35.5. The molecule has 7 heteroatoms. The molecule has 4 aromatic rings. The second-order valence-electron chi connectivity index (χ2n) is 5.77. The lowest BCUT2D eigenvalue weighted by atomic mass is 10.1. The minimum absolute atomic E-state index is 0.0703. The van der Waals surface area contributed by atoms with Crippen molar-refractivity contribution >= 4 is 74.1 Å². The fourth-order valence-corrected chi connectivity index (χ4v) is 4.31. The maximum absolute atomic E-state index is 13.0. The molecule has 3 nitrogen and oxygen atoms in total. The molecule has 0 saturated carbocycles. The molecule has 0 aliphatic carbocycles. The van der Waals surface area contributed by atoms with Crippen LogP contribution in [0, 0.1) is 0 Å². The summed E-state index contributed by atoms with van der Waals surface area (Å²) in [5.74, 6) is 0.115. The Morgan fingerprint density at radius 1 is 0.800 bits per heavy atom.